The maximum absolute atomic E-state index is 12.7. The first-order chi connectivity index (χ1) is 13.1. The summed E-state index contributed by atoms with van der Waals surface area (Å²) in [6.45, 7) is 2.58. The van der Waals surface area contributed by atoms with Crippen molar-refractivity contribution in [2.45, 2.75) is 26.3 Å². The van der Waals surface area contributed by atoms with E-state index in [4.69, 9.17) is 4.74 Å². The van der Waals surface area contributed by atoms with E-state index >= 15 is 0 Å². The summed E-state index contributed by atoms with van der Waals surface area (Å²) in [5.74, 6) is 0.751. The molecule has 0 saturated heterocycles. The molecule has 140 valence electrons. The van der Waals surface area contributed by atoms with Gasteiger partial charge in [-0.3, -0.25) is 9.78 Å². The number of benzene rings is 1. The quantitative estimate of drug-likeness (QED) is 0.644. The second-order valence-corrected chi connectivity index (χ2v) is 6.44. The van der Waals surface area contributed by atoms with E-state index in [9.17, 15) is 4.79 Å². The Hall–Kier alpha value is -3.15. The molecule has 3 aromatic rings. The number of rotatable bonds is 7. The molecule has 0 N–H and O–H groups in total. The lowest BCUT2D eigenvalue weighted by Gasteiger charge is -2.16. The van der Waals surface area contributed by atoms with Crippen LogP contribution in [0.25, 0.3) is 5.69 Å². The van der Waals surface area contributed by atoms with Crippen molar-refractivity contribution < 1.29 is 9.53 Å². The molecule has 0 aliphatic rings. The molecule has 27 heavy (non-hydrogen) atoms. The number of hydrogen-bond acceptors (Lipinski definition) is 4. The highest BCUT2D eigenvalue weighted by molar-refractivity contribution is 5.94. The molecule has 0 atom stereocenters. The summed E-state index contributed by atoms with van der Waals surface area (Å²) in [5.41, 5.74) is 3.48. The average molecular weight is 364 g/mol. The van der Waals surface area contributed by atoms with E-state index in [0.29, 0.717) is 12.1 Å². The van der Waals surface area contributed by atoms with Crippen molar-refractivity contribution in [2.24, 2.45) is 0 Å². The van der Waals surface area contributed by atoms with Crippen LogP contribution >= 0.6 is 0 Å². The summed E-state index contributed by atoms with van der Waals surface area (Å²) >= 11 is 0. The maximum atomic E-state index is 12.7. The normalized spacial score (nSPS) is 10.6. The highest BCUT2D eigenvalue weighted by Crippen LogP contribution is 2.17. The fourth-order valence-electron chi connectivity index (χ4n) is 2.91. The first-order valence-corrected chi connectivity index (χ1v) is 8.99. The van der Waals surface area contributed by atoms with Crippen LogP contribution in [0.4, 0.5) is 0 Å². The van der Waals surface area contributed by atoms with E-state index in [1.165, 1.54) is 0 Å². The average Bonchev–Trinajstić information content (AvgIpc) is 3.16. The van der Waals surface area contributed by atoms with Gasteiger partial charge in [0.1, 0.15) is 5.75 Å². The van der Waals surface area contributed by atoms with Gasteiger partial charge in [0.2, 0.25) is 0 Å². The molecular weight excluding hydrogens is 340 g/mol. The number of hydrogen-bond donors (Lipinski definition) is 0. The summed E-state index contributed by atoms with van der Waals surface area (Å²) in [5, 5.41) is 4.40. The SMILES string of the molecule is CCCc1cc(C(=O)N(C)Cc2cnn(-c3cccc(OC)c3)c2)ccn1. The third-order valence-corrected chi connectivity index (χ3v) is 4.29. The van der Waals surface area contributed by atoms with Crippen molar-refractivity contribution in [1.82, 2.24) is 19.7 Å². The number of amides is 1. The van der Waals surface area contributed by atoms with Crippen molar-refractivity contribution in [3.63, 3.8) is 0 Å². The fourth-order valence-corrected chi connectivity index (χ4v) is 2.91. The number of aromatic nitrogens is 3. The molecule has 3 rings (SSSR count). The van der Waals surface area contributed by atoms with Crippen LogP contribution < -0.4 is 4.74 Å². The van der Waals surface area contributed by atoms with Crippen LogP contribution in [-0.4, -0.2) is 39.7 Å². The molecular formula is C21H24N4O2. The molecule has 0 fully saturated rings. The molecule has 6 heteroatoms. The molecule has 2 heterocycles. The van der Waals surface area contributed by atoms with Gasteiger partial charge in [0, 0.05) is 48.9 Å². The Morgan fingerprint density at radius 2 is 2.11 bits per heavy atom. The Labute approximate surface area is 159 Å². The first kappa shape index (κ1) is 18.6. The van der Waals surface area contributed by atoms with Gasteiger partial charge < -0.3 is 9.64 Å². The number of pyridine rings is 1. The molecule has 0 saturated carbocycles. The molecule has 0 bridgehead atoms. The van der Waals surface area contributed by atoms with Gasteiger partial charge in [-0.1, -0.05) is 19.4 Å². The first-order valence-electron chi connectivity index (χ1n) is 8.99. The second kappa shape index (κ2) is 8.49. The van der Waals surface area contributed by atoms with E-state index in [2.05, 4.69) is 17.0 Å². The molecule has 0 aliphatic heterocycles. The van der Waals surface area contributed by atoms with Crippen molar-refractivity contribution in [1.29, 1.82) is 0 Å². The molecule has 1 amide bonds. The van der Waals surface area contributed by atoms with Crippen LogP contribution in [0.5, 0.6) is 5.75 Å². The van der Waals surface area contributed by atoms with Gasteiger partial charge >= 0.3 is 0 Å². The minimum atomic E-state index is -0.0242. The predicted octanol–water partition coefficient (Wildman–Crippen LogP) is 3.50. The van der Waals surface area contributed by atoms with Crippen LogP contribution in [0.1, 0.15) is 35.0 Å². The minimum Gasteiger partial charge on any atom is -0.497 e. The van der Waals surface area contributed by atoms with Gasteiger partial charge in [-0.05, 0) is 30.7 Å². The predicted molar refractivity (Wildman–Crippen MR) is 104 cm³/mol. The zero-order valence-corrected chi connectivity index (χ0v) is 15.9. The van der Waals surface area contributed by atoms with Gasteiger partial charge in [0.15, 0.2) is 0 Å². The molecule has 6 nitrogen and oxygen atoms in total. The summed E-state index contributed by atoms with van der Waals surface area (Å²) in [7, 11) is 3.43. The molecule has 2 aromatic heterocycles. The lowest BCUT2D eigenvalue weighted by atomic mass is 10.1. The lowest BCUT2D eigenvalue weighted by Crippen LogP contribution is -2.26. The van der Waals surface area contributed by atoms with Gasteiger partial charge in [-0.15, -0.1) is 0 Å². The molecule has 0 aliphatic carbocycles. The summed E-state index contributed by atoms with van der Waals surface area (Å²) in [4.78, 5) is 18.7. The van der Waals surface area contributed by atoms with Crippen LogP contribution in [0, 0.1) is 0 Å². The van der Waals surface area contributed by atoms with Gasteiger partial charge in [-0.25, -0.2) is 4.68 Å². The Kier molecular flexibility index (Phi) is 5.86. The number of nitrogens with zero attached hydrogens (tertiary/aromatic N) is 4. The largest absolute Gasteiger partial charge is 0.497 e. The van der Waals surface area contributed by atoms with E-state index in [1.807, 2.05) is 36.5 Å². The molecule has 0 spiro atoms. The van der Waals surface area contributed by atoms with E-state index < -0.39 is 0 Å². The fraction of sp³-hybridized carbons (Fsp3) is 0.286. The third-order valence-electron chi connectivity index (χ3n) is 4.29. The summed E-state index contributed by atoms with van der Waals surface area (Å²) in [6, 6.07) is 11.3. The van der Waals surface area contributed by atoms with E-state index in [0.717, 1.165) is 35.5 Å². The van der Waals surface area contributed by atoms with Crippen molar-refractivity contribution in [2.75, 3.05) is 14.2 Å². The van der Waals surface area contributed by atoms with E-state index in [1.54, 1.807) is 42.2 Å². The van der Waals surface area contributed by atoms with E-state index in [-0.39, 0.29) is 5.91 Å². The Bertz CT molecular complexity index is 920. The van der Waals surface area contributed by atoms with Crippen molar-refractivity contribution >= 4 is 5.91 Å². The van der Waals surface area contributed by atoms with Crippen LogP contribution in [0.2, 0.25) is 0 Å². The minimum absolute atomic E-state index is 0.0242. The Morgan fingerprint density at radius 1 is 1.26 bits per heavy atom. The number of aryl methyl sites for hydroxylation is 1. The standard InChI is InChI=1S/C21H24N4O2/c1-4-6-18-11-17(9-10-22-18)21(26)24(2)14-16-13-23-25(15-16)19-7-5-8-20(12-19)27-3/h5,7-13,15H,4,6,14H2,1-3H3. The van der Waals surface area contributed by atoms with Gasteiger partial charge in [0.05, 0.1) is 19.0 Å². The lowest BCUT2D eigenvalue weighted by molar-refractivity contribution is 0.0785. The van der Waals surface area contributed by atoms with Crippen LogP contribution in [0.15, 0.2) is 55.0 Å². The van der Waals surface area contributed by atoms with Crippen LogP contribution in [0.3, 0.4) is 0 Å². The number of carbonyl (C=O) groups excluding carboxylic acids is 1. The summed E-state index contributed by atoms with van der Waals surface area (Å²) in [6.07, 6.45) is 7.28. The number of ether oxygens (including phenoxy) is 1. The molecule has 1 aromatic carbocycles. The van der Waals surface area contributed by atoms with Crippen molar-refractivity contribution in [3.05, 3.63) is 71.8 Å². The summed E-state index contributed by atoms with van der Waals surface area (Å²) < 4.78 is 7.04. The second-order valence-electron chi connectivity index (χ2n) is 6.44. The zero-order valence-electron chi connectivity index (χ0n) is 15.9. The number of methoxy groups -OCH3 is 1. The Morgan fingerprint density at radius 3 is 2.89 bits per heavy atom. The highest BCUT2D eigenvalue weighted by Gasteiger charge is 2.14. The highest BCUT2D eigenvalue weighted by atomic mass is 16.5. The number of carbonyl (C=O) groups is 1. The molecule has 0 unspecified atom stereocenters. The Balaban J connectivity index is 1.71. The van der Waals surface area contributed by atoms with Crippen LogP contribution in [-0.2, 0) is 13.0 Å². The van der Waals surface area contributed by atoms with Gasteiger partial charge in [0.25, 0.3) is 5.91 Å². The van der Waals surface area contributed by atoms with Crippen molar-refractivity contribution in [3.8, 4) is 11.4 Å². The topological polar surface area (TPSA) is 60.2 Å². The third kappa shape index (κ3) is 4.53. The maximum Gasteiger partial charge on any atom is 0.254 e. The van der Waals surface area contributed by atoms with Gasteiger partial charge in [-0.2, -0.15) is 5.10 Å². The smallest absolute Gasteiger partial charge is 0.254 e. The monoisotopic (exact) mass is 364 g/mol. The molecule has 0 radical (unpaired) electrons. The zero-order chi connectivity index (χ0) is 19.2.